The van der Waals surface area contributed by atoms with Crippen molar-refractivity contribution in [2.75, 3.05) is 5.32 Å². The third-order valence-corrected chi connectivity index (χ3v) is 3.92. The largest absolute Gasteiger partial charge is 0.326 e. The number of thioether (sulfide) groups is 1. The first-order chi connectivity index (χ1) is 8.72. The second-order valence-electron chi connectivity index (χ2n) is 3.96. The maximum atomic E-state index is 11.8. The summed E-state index contributed by atoms with van der Waals surface area (Å²) in [6, 6.07) is 7.24. The normalized spacial score (nSPS) is 13.4. The number of halogens is 1. The smallest absolute Gasteiger partial charge is 0.256 e. The minimum atomic E-state index is -0.0542. The van der Waals surface area contributed by atoms with Crippen LogP contribution in [0.4, 0.5) is 11.6 Å². The van der Waals surface area contributed by atoms with E-state index in [1.54, 1.807) is 23.9 Å². The average molecular weight is 280 g/mol. The van der Waals surface area contributed by atoms with Gasteiger partial charge in [-0.3, -0.25) is 9.78 Å². The van der Waals surface area contributed by atoms with Gasteiger partial charge >= 0.3 is 0 Å². The highest BCUT2D eigenvalue weighted by atomic mass is 35.5. The molecule has 0 radical (unpaired) electrons. The number of H-pyrrole nitrogens is 1. The van der Waals surface area contributed by atoms with Crippen molar-refractivity contribution in [1.29, 1.82) is 0 Å². The molecule has 1 aliphatic heterocycles. The molecule has 0 saturated carbocycles. The lowest BCUT2D eigenvalue weighted by Crippen LogP contribution is -2.16. The van der Waals surface area contributed by atoms with E-state index in [9.17, 15) is 4.79 Å². The number of benzene rings is 1. The van der Waals surface area contributed by atoms with Gasteiger partial charge in [0.2, 0.25) is 5.95 Å². The third-order valence-electron chi connectivity index (χ3n) is 2.69. The number of fused-ring (bicyclic) bond motifs is 1. The number of aromatic nitrogens is 2. The van der Waals surface area contributed by atoms with E-state index in [0.29, 0.717) is 11.0 Å². The molecular formula is C12H10ClN3OS. The van der Waals surface area contributed by atoms with Gasteiger partial charge in [-0.25, -0.2) is 4.98 Å². The number of aromatic amines is 1. The highest BCUT2D eigenvalue weighted by Gasteiger charge is 2.17. The van der Waals surface area contributed by atoms with Crippen molar-refractivity contribution >= 4 is 35.0 Å². The van der Waals surface area contributed by atoms with Gasteiger partial charge in [-0.2, -0.15) is 11.8 Å². The average Bonchev–Trinajstić information content (AvgIpc) is 2.81. The fraction of sp³-hybridized carbons (Fsp3) is 0.167. The van der Waals surface area contributed by atoms with Gasteiger partial charge in [0.1, 0.15) is 0 Å². The minimum Gasteiger partial charge on any atom is -0.326 e. The molecule has 6 heteroatoms. The van der Waals surface area contributed by atoms with Gasteiger partial charge in [0, 0.05) is 27.8 Å². The van der Waals surface area contributed by atoms with Gasteiger partial charge in [-0.1, -0.05) is 11.6 Å². The Morgan fingerprint density at radius 3 is 2.83 bits per heavy atom. The van der Waals surface area contributed by atoms with Crippen molar-refractivity contribution in [1.82, 2.24) is 9.97 Å². The van der Waals surface area contributed by atoms with Crippen LogP contribution in [0.5, 0.6) is 0 Å². The molecule has 4 nitrogen and oxygen atoms in total. The van der Waals surface area contributed by atoms with Crippen molar-refractivity contribution in [3.05, 3.63) is 50.9 Å². The SMILES string of the molecule is O=c1[nH]c(Nc2ccc(Cl)cc2)nc2c1CSC2. The van der Waals surface area contributed by atoms with Crippen LogP contribution in [-0.4, -0.2) is 9.97 Å². The highest BCUT2D eigenvalue weighted by molar-refractivity contribution is 7.98. The summed E-state index contributed by atoms with van der Waals surface area (Å²) in [5, 5.41) is 3.74. The van der Waals surface area contributed by atoms with Crippen LogP contribution >= 0.6 is 23.4 Å². The lowest BCUT2D eigenvalue weighted by molar-refractivity contribution is 1.03. The summed E-state index contributed by atoms with van der Waals surface area (Å²) in [5.41, 5.74) is 2.46. The van der Waals surface area contributed by atoms with Crippen LogP contribution in [-0.2, 0) is 11.5 Å². The molecule has 0 unspecified atom stereocenters. The summed E-state index contributed by atoms with van der Waals surface area (Å²) >= 11 is 7.52. The molecular weight excluding hydrogens is 270 g/mol. The van der Waals surface area contributed by atoms with Gasteiger partial charge in [0.15, 0.2) is 0 Å². The maximum Gasteiger partial charge on any atom is 0.256 e. The summed E-state index contributed by atoms with van der Waals surface area (Å²) < 4.78 is 0. The van der Waals surface area contributed by atoms with Gasteiger partial charge in [-0.05, 0) is 24.3 Å². The molecule has 3 rings (SSSR count). The molecule has 2 N–H and O–H groups in total. The second kappa shape index (κ2) is 4.66. The zero-order chi connectivity index (χ0) is 12.5. The minimum absolute atomic E-state index is 0.0542. The van der Waals surface area contributed by atoms with Crippen molar-refractivity contribution in [2.24, 2.45) is 0 Å². The third kappa shape index (κ3) is 2.23. The van der Waals surface area contributed by atoms with Gasteiger partial charge in [0.25, 0.3) is 5.56 Å². The predicted molar refractivity (Wildman–Crippen MR) is 74.6 cm³/mol. The zero-order valence-corrected chi connectivity index (χ0v) is 10.9. The fourth-order valence-corrected chi connectivity index (χ4v) is 2.95. The summed E-state index contributed by atoms with van der Waals surface area (Å²) in [7, 11) is 0. The molecule has 1 aromatic heterocycles. The van der Waals surface area contributed by atoms with E-state index >= 15 is 0 Å². The molecule has 0 bridgehead atoms. The second-order valence-corrected chi connectivity index (χ2v) is 5.39. The van der Waals surface area contributed by atoms with Crippen molar-refractivity contribution in [3.8, 4) is 0 Å². The van der Waals surface area contributed by atoms with Crippen LogP contribution < -0.4 is 10.9 Å². The predicted octanol–water partition coefficient (Wildman–Crippen LogP) is 2.91. The number of hydrogen-bond acceptors (Lipinski definition) is 4. The fourth-order valence-electron chi connectivity index (χ4n) is 1.79. The summed E-state index contributed by atoms with van der Waals surface area (Å²) in [6.07, 6.45) is 0. The van der Waals surface area contributed by atoms with E-state index in [4.69, 9.17) is 11.6 Å². The van der Waals surface area contributed by atoms with E-state index < -0.39 is 0 Å². The highest BCUT2D eigenvalue weighted by Crippen LogP contribution is 2.26. The molecule has 0 fully saturated rings. The van der Waals surface area contributed by atoms with Gasteiger partial charge in [0.05, 0.1) is 5.69 Å². The molecule has 1 aromatic carbocycles. The Kier molecular flexibility index (Phi) is 3.01. The molecule has 0 amide bonds. The van der Waals surface area contributed by atoms with Crippen molar-refractivity contribution < 1.29 is 0 Å². The van der Waals surface area contributed by atoms with Crippen molar-refractivity contribution in [2.45, 2.75) is 11.5 Å². The molecule has 92 valence electrons. The zero-order valence-electron chi connectivity index (χ0n) is 9.37. The summed E-state index contributed by atoms with van der Waals surface area (Å²) in [5.74, 6) is 2.02. The molecule has 0 spiro atoms. The van der Waals surface area contributed by atoms with E-state index in [-0.39, 0.29) is 5.56 Å². The van der Waals surface area contributed by atoms with E-state index in [2.05, 4.69) is 15.3 Å². The van der Waals surface area contributed by atoms with Crippen LogP contribution in [0.3, 0.4) is 0 Å². The number of nitrogens with zero attached hydrogens (tertiary/aromatic N) is 1. The van der Waals surface area contributed by atoms with Crippen LogP contribution in [0.1, 0.15) is 11.3 Å². The lowest BCUT2D eigenvalue weighted by Gasteiger charge is -2.06. The molecule has 0 saturated heterocycles. The van der Waals surface area contributed by atoms with Crippen LogP contribution in [0.15, 0.2) is 29.1 Å². The first kappa shape index (κ1) is 11.6. The lowest BCUT2D eigenvalue weighted by atomic mass is 10.3. The Labute approximate surface area is 113 Å². The molecule has 18 heavy (non-hydrogen) atoms. The molecule has 0 atom stereocenters. The Balaban J connectivity index is 1.92. The molecule has 2 aromatic rings. The number of anilines is 2. The van der Waals surface area contributed by atoms with Crippen LogP contribution in [0, 0.1) is 0 Å². The monoisotopic (exact) mass is 279 g/mol. The van der Waals surface area contributed by atoms with Crippen LogP contribution in [0.25, 0.3) is 0 Å². The Bertz CT molecular complexity index is 639. The number of hydrogen-bond donors (Lipinski definition) is 2. The summed E-state index contributed by atoms with van der Waals surface area (Å²) in [6.45, 7) is 0. The number of rotatable bonds is 2. The van der Waals surface area contributed by atoms with Crippen LogP contribution in [0.2, 0.25) is 5.02 Å². The van der Waals surface area contributed by atoms with E-state index in [1.807, 2.05) is 12.1 Å². The standard InChI is InChI=1S/C12H10ClN3OS/c13-7-1-3-8(4-2-7)14-12-15-10-6-18-5-9(10)11(17)16-12/h1-4H,5-6H2,(H2,14,15,16,17). The Hall–Kier alpha value is -1.46. The van der Waals surface area contributed by atoms with Crippen molar-refractivity contribution in [3.63, 3.8) is 0 Å². The maximum absolute atomic E-state index is 11.8. The van der Waals surface area contributed by atoms with Gasteiger partial charge < -0.3 is 5.32 Å². The van der Waals surface area contributed by atoms with Gasteiger partial charge in [-0.15, -0.1) is 0 Å². The van der Waals surface area contributed by atoms with E-state index in [0.717, 1.165) is 28.5 Å². The number of nitrogens with one attached hydrogen (secondary N) is 2. The Morgan fingerprint density at radius 2 is 2.06 bits per heavy atom. The molecule has 0 aliphatic carbocycles. The first-order valence-electron chi connectivity index (χ1n) is 5.45. The van der Waals surface area contributed by atoms with E-state index in [1.165, 1.54) is 0 Å². The quantitative estimate of drug-likeness (QED) is 0.887. The Morgan fingerprint density at radius 1 is 1.28 bits per heavy atom. The topological polar surface area (TPSA) is 57.8 Å². The molecule has 1 aliphatic rings. The molecule has 2 heterocycles. The summed E-state index contributed by atoms with van der Waals surface area (Å²) in [4.78, 5) is 19.0. The first-order valence-corrected chi connectivity index (χ1v) is 6.98.